The number of aliphatic hydroxyl groups is 1. The summed E-state index contributed by atoms with van der Waals surface area (Å²) in [7, 11) is 0. The minimum atomic E-state index is -1.14. The molecule has 0 radical (unpaired) electrons. The summed E-state index contributed by atoms with van der Waals surface area (Å²) in [4.78, 5) is 0. The van der Waals surface area contributed by atoms with E-state index in [4.69, 9.17) is 5.73 Å². The lowest BCUT2D eigenvalue weighted by atomic mass is 9.89. The monoisotopic (exact) mass is 281 g/mol. The zero-order valence-electron chi connectivity index (χ0n) is 10.6. The summed E-state index contributed by atoms with van der Waals surface area (Å²) in [6.45, 7) is -0.0272. The third kappa shape index (κ3) is 3.18. The maximum atomic E-state index is 13.2. The van der Waals surface area contributed by atoms with Crippen molar-refractivity contribution in [1.82, 2.24) is 0 Å². The van der Waals surface area contributed by atoms with Crippen LogP contribution in [0.15, 0.2) is 42.5 Å². The van der Waals surface area contributed by atoms with Crippen LogP contribution < -0.4 is 5.73 Å². The minimum Gasteiger partial charge on any atom is -0.388 e. The normalized spacial score (nSPS) is 14.1. The molecule has 3 N–H and O–H groups in total. The van der Waals surface area contributed by atoms with E-state index in [1.165, 1.54) is 24.3 Å². The molecule has 2 aromatic rings. The van der Waals surface area contributed by atoms with Crippen LogP contribution in [0, 0.1) is 17.5 Å². The van der Waals surface area contributed by atoms with Crippen LogP contribution in [0.2, 0.25) is 0 Å². The molecule has 0 aliphatic carbocycles. The van der Waals surface area contributed by atoms with E-state index in [9.17, 15) is 18.3 Å². The van der Waals surface area contributed by atoms with Crippen LogP contribution in [0.3, 0.4) is 0 Å². The molecule has 0 spiro atoms. The maximum Gasteiger partial charge on any atom is 0.126 e. The zero-order chi connectivity index (χ0) is 14.7. The molecular weight excluding hydrogens is 267 g/mol. The predicted octanol–water partition coefficient (Wildman–Crippen LogP) is 2.88. The van der Waals surface area contributed by atoms with Gasteiger partial charge in [0.15, 0.2) is 0 Å². The van der Waals surface area contributed by atoms with Gasteiger partial charge < -0.3 is 10.8 Å². The van der Waals surface area contributed by atoms with Crippen molar-refractivity contribution >= 4 is 0 Å². The summed E-state index contributed by atoms with van der Waals surface area (Å²) in [6, 6.07) is 8.37. The zero-order valence-corrected chi connectivity index (χ0v) is 10.6. The van der Waals surface area contributed by atoms with Crippen molar-refractivity contribution < 1.29 is 18.3 Å². The Hall–Kier alpha value is -1.85. The van der Waals surface area contributed by atoms with Crippen molar-refractivity contribution in [3.8, 4) is 0 Å². The van der Waals surface area contributed by atoms with Crippen LogP contribution in [-0.4, -0.2) is 11.7 Å². The van der Waals surface area contributed by atoms with Crippen molar-refractivity contribution in [2.75, 3.05) is 6.54 Å². The Bertz CT molecular complexity index is 583. The van der Waals surface area contributed by atoms with Gasteiger partial charge in [-0.2, -0.15) is 0 Å². The molecule has 0 saturated heterocycles. The molecule has 0 aromatic heterocycles. The van der Waals surface area contributed by atoms with Crippen molar-refractivity contribution in [1.29, 1.82) is 0 Å². The van der Waals surface area contributed by atoms with Gasteiger partial charge in [-0.05, 0) is 35.4 Å². The van der Waals surface area contributed by atoms with Gasteiger partial charge in [0, 0.05) is 18.5 Å². The molecule has 2 rings (SSSR count). The smallest absolute Gasteiger partial charge is 0.126 e. The SMILES string of the molecule is NCC(c1cc(F)cc(F)c1)C(O)c1cccc(F)c1. The highest BCUT2D eigenvalue weighted by atomic mass is 19.1. The summed E-state index contributed by atoms with van der Waals surface area (Å²) >= 11 is 0. The highest BCUT2D eigenvalue weighted by molar-refractivity contribution is 5.28. The average Bonchev–Trinajstić information content (AvgIpc) is 2.38. The van der Waals surface area contributed by atoms with E-state index in [0.29, 0.717) is 5.56 Å². The molecule has 0 amide bonds. The molecule has 0 aliphatic rings. The molecule has 2 aromatic carbocycles. The fourth-order valence-electron chi connectivity index (χ4n) is 2.16. The summed E-state index contributed by atoms with van der Waals surface area (Å²) in [5.41, 5.74) is 6.13. The molecule has 2 atom stereocenters. The highest BCUT2D eigenvalue weighted by Crippen LogP contribution is 2.31. The van der Waals surface area contributed by atoms with Crippen molar-refractivity contribution in [2.45, 2.75) is 12.0 Å². The number of rotatable bonds is 4. The average molecular weight is 281 g/mol. The summed E-state index contributed by atoms with van der Waals surface area (Å²) in [5, 5.41) is 10.2. The number of hydrogen-bond donors (Lipinski definition) is 2. The fourth-order valence-corrected chi connectivity index (χ4v) is 2.16. The van der Waals surface area contributed by atoms with Crippen LogP contribution in [0.5, 0.6) is 0 Å². The molecular formula is C15H14F3NO. The fraction of sp³-hybridized carbons (Fsp3) is 0.200. The predicted molar refractivity (Wildman–Crippen MR) is 69.5 cm³/mol. The van der Waals surface area contributed by atoms with Crippen molar-refractivity contribution in [3.63, 3.8) is 0 Å². The molecule has 2 nitrogen and oxygen atoms in total. The van der Waals surface area contributed by atoms with Gasteiger partial charge in [0.1, 0.15) is 17.5 Å². The summed E-state index contributed by atoms with van der Waals surface area (Å²) < 4.78 is 39.6. The Morgan fingerprint density at radius 3 is 2.05 bits per heavy atom. The number of halogens is 3. The van der Waals surface area contributed by atoms with E-state index in [2.05, 4.69) is 0 Å². The number of aliphatic hydroxyl groups excluding tert-OH is 1. The second kappa shape index (κ2) is 6.07. The lowest BCUT2D eigenvalue weighted by Crippen LogP contribution is -2.20. The van der Waals surface area contributed by atoms with Gasteiger partial charge >= 0.3 is 0 Å². The van der Waals surface area contributed by atoms with Crippen LogP contribution in [0.4, 0.5) is 13.2 Å². The third-order valence-electron chi connectivity index (χ3n) is 3.14. The van der Waals surface area contributed by atoms with E-state index >= 15 is 0 Å². The van der Waals surface area contributed by atoms with E-state index in [-0.39, 0.29) is 12.1 Å². The number of hydrogen-bond acceptors (Lipinski definition) is 2. The van der Waals surface area contributed by atoms with Crippen LogP contribution in [0.25, 0.3) is 0 Å². The third-order valence-corrected chi connectivity index (χ3v) is 3.14. The van der Waals surface area contributed by atoms with Crippen LogP contribution >= 0.6 is 0 Å². The Morgan fingerprint density at radius 1 is 0.900 bits per heavy atom. The first-order chi connectivity index (χ1) is 9.51. The van der Waals surface area contributed by atoms with Crippen molar-refractivity contribution in [2.24, 2.45) is 5.73 Å². The second-order valence-corrected chi connectivity index (χ2v) is 4.54. The van der Waals surface area contributed by atoms with Gasteiger partial charge in [-0.3, -0.25) is 0 Å². The lowest BCUT2D eigenvalue weighted by molar-refractivity contribution is 0.147. The number of nitrogens with two attached hydrogens (primary N) is 1. The summed E-state index contributed by atoms with van der Waals surface area (Å²) in [5.74, 6) is -2.71. The Kier molecular flexibility index (Phi) is 4.42. The topological polar surface area (TPSA) is 46.2 Å². The number of benzene rings is 2. The first-order valence-corrected chi connectivity index (χ1v) is 6.11. The maximum absolute atomic E-state index is 13.2. The van der Waals surface area contributed by atoms with Gasteiger partial charge in [-0.25, -0.2) is 13.2 Å². The largest absolute Gasteiger partial charge is 0.388 e. The van der Waals surface area contributed by atoms with E-state index in [1.54, 1.807) is 0 Å². The Balaban J connectivity index is 2.36. The van der Waals surface area contributed by atoms with E-state index in [0.717, 1.165) is 18.2 Å². The quantitative estimate of drug-likeness (QED) is 0.905. The van der Waals surface area contributed by atoms with Gasteiger partial charge in [0.05, 0.1) is 6.10 Å². The molecule has 0 aliphatic heterocycles. The Morgan fingerprint density at radius 2 is 1.50 bits per heavy atom. The molecule has 0 bridgehead atoms. The van der Waals surface area contributed by atoms with E-state index in [1.807, 2.05) is 0 Å². The lowest BCUT2D eigenvalue weighted by Gasteiger charge is -2.22. The van der Waals surface area contributed by atoms with Gasteiger partial charge in [0.2, 0.25) is 0 Å². The molecule has 20 heavy (non-hydrogen) atoms. The molecule has 0 saturated carbocycles. The van der Waals surface area contributed by atoms with Gasteiger partial charge in [-0.15, -0.1) is 0 Å². The van der Waals surface area contributed by atoms with E-state index < -0.39 is 29.5 Å². The van der Waals surface area contributed by atoms with Crippen LogP contribution in [0.1, 0.15) is 23.1 Å². The standard InChI is InChI=1S/C15H14F3NO/c16-11-3-1-2-9(4-11)15(20)14(8-19)10-5-12(17)7-13(18)6-10/h1-7,14-15,20H,8,19H2. The second-order valence-electron chi connectivity index (χ2n) is 4.54. The minimum absolute atomic E-state index is 0.0272. The van der Waals surface area contributed by atoms with Gasteiger partial charge in [0.25, 0.3) is 0 Å². The molecule has 106 valence electrons. The van der Waals surface area contributed by atoms with Gasteiger partial charge in [-0.1, -0.05) is 12.1 Å². The Labute approximate surface area is 114 Å². The molecule has 0 heterocycles. The first-order valence-electron chi connectivity index (χ1n) is 6.11. The van der Waals surface area contributed by atoms with Crippen LogP contribution in [-0.2, 0) is 0 Å². The molecule has 2 unspecified atom stereocenters. The molecule has 5 heteroatoms. The molecule has 0 fully saturated rings. The highest BCUT2D eigenvalue weighted by Gasteiger charge is 2.23. The van der Waals surface area contributed by atoms with Crippen molar-refractivity contribution in [3.05, 3.63) is 71.0 Å². The first kappa shape index (κ1) is 14.6. The summed E-state index contributed by atoms with van der Waals surface area (Å²) in [6.07, 6.45) is -1.14.